The second-order valence-corrected chi connectivity index (χ2v) is 5.32. The maximum Gasteiger partial charge on any atom is 0.242 e. The number of anilines is 1. The predicted octanol–water partition coefficient (Wildman–Crippen LogP) is 1.51. The third-order valence-electron chi connectivity index (χ3n) is 3.50. The molecule has 19 heavy (non-hydrogen) atoms. The van der Waals surface area contributed by atoms with Crippen LogP contribution in [0.15, 0.2) is 24.3 Å². The highest BCUT2D eigenvalue weighted by Crippen LogP contribution is 2.23. The molecule has 0 aliphatic carbocycles. The third-order valence-corrected chi connectivity index (χ3v) is 3.50. The van der Waals surface area contributed by atoms with Crippen molar-refractivity contribution in [3.8, 4) is 0 Å². The van der Waals surface area contributed by atoms with Crippen LogP contribution < -0.4 is 15.5 Å². The summed E-state index contributed by atoms with van der Waals surface area (Å²) in [6, 6.07) is 8.67. The Morgan fingerprint density at radius 1 is 1.42 bits per heavy atom. The van der Waals surface area contributed by atoms with Gasteiger partial charge in [0.15, 0.2) is 0 Å². The van der Waals surface area contributed by atoms with Crippen LogP contribution in [-0.2, 0) is 11.3 Å². The molecule has 2 N–H and O–H groups in total. The Kier molecular flexibility index (Phi) is 4.43. The smallest absolute Gasteiger partial charge is 0.242 e. The summed E-state index contributed by atoms with van der Waals surface area (Å²) in [4.78, 5) is 14.0. The van der Waals surface area contributed by atoms with Gasteiger partial charge in [-0.25, -0.2) is 0 Å². The van der Waals surface area contributed by atoms with E-state index >= 15 is 0 Å². The lowest BCUT2D eigenvalue weighted by molar-refractivity contribution is -0.122. The molecule has 1 aliphatic heterocycles. The minimum Gasteiger partial charge on any atom is -0.358 e. The van der Waals surface area contributed by atoms with Crippen molar-refractivity contribution in [2.24, 2.45) is 0 Å². The molecular formula is C15H23N3O. The highest BCUT2D eigenvalue weighted by Gasteiger charge is 2.26. The quantitative estimate of drug-likeness (QED) is 0.863. The lowest BCUT2D eigenvalue weighted by Gasteiger charge is -2.36. The predicted molar refractivity (Wildman–Crippen MR) is 78.2 cm³/mol. The van der Waals surface area contributed by atoms with Gasteiger partial charge in [-0.15, -0.1) is 0 Å². The molecule has 1 saturated heterocycles. The summed E-state index contributed by atoms with van der Waals surface area (Å²) in [7, 11) is 0. The number of piperazine rings is 1. The van der Waals surface area contributed by atoms with Crippen molar-refractivity contribution in [3.63, 3.8) is 0 Å². The molecule has 1 fully saturated rings. The number of hydrogen-bond donors (Lipinski definition) is 2. The molecule has 0 aromatic heterocycles. The van der Waals surface area contributed by atoms with Crippen LogP contribution in [0.3, 0.4) is 0 Å². The molecule has 1 aliphatic rings. The zero-order valence-electron chi connectivity index (χ0n) is 11.9. The van der Waals surface area contributed by atoms with E-state index in [9.17, 15) is 4.79 Å². The van der Waals surface area contributed by atoms with Crippen LogP contribution in [-0.4, -0.2) is 31.1 Å². The fourth-order valence-electron chi connectivity index (χ4n) is 2.37. The molecule has 1 unspecified atom stereocenters. The van der Waals surface area contributed by atoms with Gasteiger partial charge in [0.2, 0.25) is 5.91 Å². The highest BCUT2D eigenvalue weighted by molar-refractivity contribution is 5.86. The van der Waals surface area contributed by atoms with E-state index in [4.69, 9.17) is 0 Å². The van der Waals surface area contributed by atoms with E-state index in [0.29, 0.717) is 6.04 Å². The Morgan fingerprint density at radius 2 is 2.16 bits per heavy atom. The number of rotatable bonds is 4. The van der Waals surface area contributed by atoms with Gasteiger partial charge in [-0.1, -0.05) is 32.0 Å². The molecule has 1 atom stereocenters. The summed E-state index contributed by atoms with van der Waals surface area (Å²) in [6.07, 6.45) is 0. The van der Waals surface area contributed by atoms with Gasteiger partial charge in [0.1, 0.15) is 6.04 Å². The van der Waals surface area contributed by atoms with Crippen molar-refractivity contribution in [1.82, 2.24) is 10.6 Å². The van der Waals surface area contributed by atoms with Crippen LogP contribution >= 0.6 is 0 Å². The van der Waals surface area contributed by atoms with Crippen LogP contribution in [0.4, 0.5) is 5.69 Å². The minimum atomic E-state index is -0.103. The molecule has 0 spiro atoms. The van der Waals surface area contributed by atoms with E-state index in [1.807, 2.05) is 13.0 Å². The molecule has 0 radical (unpaired) electrons. The third kappa shape index (κ3) is 3.26. The van der Waals surface area contributed by atoms with E-state index in [1.54, 1.807) is 0 Å². The zero-order chi connectivity index (χ0) is 13.8. The van der Waals surface area contributed by atoms with Gasteiger partial charge in [0.25, 0.3) is 0 Å². The summed E-state index contributed by atoms with van der Waals surface area (Å²) >= 11 is 0. The highest BCUT2D eigenvalue weighted by atomic mass is 16.2. The minimum absolute atomic E-state index is 0.103. The monoisotopic (exact) mass is 261 g/mol. The Morgan fingerprint density at radius 3 is 2.89 bits per heavy atom. The normalized spacial score (nSPS) is 19.7. The fourth-order valence-corrected chi connectivity index (χ4v) is 2.37. The SMILES string of the molecule is CC(C)NCc1ccccc1N1CCNC(=O)C1C. The van der Waals surface area contributed by atoms with Crippen molar-refractivity contribution < 1.29 is 4.79 Å². The molecule has 4 nitrogen and oxygen atoms in total. The number of para-hydroxylation sites is 1. The van der Waals surface area contributed by atoms with Crippen molar-refractivity contribution >= 4 is 11.6 Å². The first kappa shape index (κ1) is 13.9. The number of carbonyl (C=O) groups is 1. The molecule has 1 amide bonds. The Bertz CT molecular complexity index is 445. The Labute approximate surface area is 115 Å². The van der Waals surface area contributed by atoms with Crippen LogP contribution in [0.5, 0.6) is 0 Å². The van der Waals surface area contributed by atoms with Gasteiger partial charge in [0, 0.05) is 31.4 Å². The summed E-state index contributed by atoms with van der Waals surface area (Å²) in [5.74, 6) is 0.109. The first-order valence-corrected chi connectivity index (χ1v) is 6.95. The van der Waals surface area contributed by atoms with Crippen LogP contribution in [0.25, 0.3) is 0 Å². The van der Waals surface area contributed by atoms with E-state index in [-0.39, 0.29) is 11.9 Å². The Hall–Kier alpha value is -1.55. The molecule has 1 heterocycles. The van der Waals surface area contributed by atoms with Gasteiger partial charge >= 0.3 is 0 Å². The number of nitrogens with zero attached hydrogens (tertiary/aromatic N) is 1. The average Bonchev–Trinajstić information content (AvgIpc) is 2.40. The van der Waals surface area contributed by atoms with Gasteiger partial charge in [-0.05, 0) is 18.6 Å². The number of carbonyl (C=O) groups excluding carboxylic acids is 1. The molecule has 0 saturated carbocycles. The first-order valence-electron chi connectivity index (χ1n) is 6.95. The van der Waals surface area contributed by atoms with Crippen molar-refractivity contribution in [3.05, 3.63) is 29.8 Å². The summed E-state index contributed by atoms with van der Waals surface area (Å²) in [5, 5.41) is 6.35. The van der Waals surface area contributed by atoms with E-state index in [0.717, 1.165) is 25.3 Å². The summed E-state index contributed by atoms with van der Waals surface area (Å²) in [5.41, 5.74) is 2.41. The molecule has 0 bridgehead atoms. The van der Waals surface area contributed by atoms with Crippen LogP contribution in [0, 0.1) is 0 Å². The van der Waals surface area contributed by atoms with E-state index in [1.165, 1.54) is 5.56 Å². The number of amides is 1. The van der Waals surface area contributed by atoms with Gasteiger partial charge in [-0.2, -0.15) is 0 Å². The fraction of sp³-hybridized carbons (Fsp3) is 0.533. The standard InChI is InChI=1S/C15H23N3O/c1-11(2)17-10-13-6-4-5-7-14(13)18-9-8-16-15(19)12(18)3/h4-7,11-12,17H,8-10H2,1-3H3,(H,16,19). The van der Waals surface area contributed by atoms with E-state index < -0.39 is 0 Å². The van der Waals surface area contributed by atoms with Crippen molar-refractivity contribution in [1.29, 1.82) is 0 Å². The van der Waals surface area contributed by atoms with Gasteiger partial charge < -0.3 is 15.5 Å². The van der Waals surface area contributed by atoms with E-state index in [2.05, 4.69) is 47.6 Å². The Balaban J connectivity index is 2.20. The molecule has 1 aromatic carbocycles. The molecular weight excluding hydrogens is 238 g/mol. The lowest BCUT2D eigenvalue weighted by Crippen LogP contribution is -2.54. The average molecular weight is 261 g/mol. The number of hydrogen-bond acceptors (Lipinski definition) is 3. The van der Waals surface area contributed by atoms with Gasteiger partial charge in [-0.3, -0.25) is 4.79 Å². The van der Waals surface area contributed by atoms with Crippen molar-refractivity contribution in [2.75, 3.05) is 18.0 Å². The lowest BCUT2D eigenvalue weighted by atomic mass is 10.1. The first-order chi connectivity index (χ1) is 9.09. The zero-order valence-corrected chi connectivity index (χ0v) is 11.9. The van der Waals surface area contributed by atoms with Crippen molar-refractivity contribution in [2.45, 2.75) is 39.4 Å². The second kappa shape index (κ2) is 6.06. The molecule has 104 valence electrons. The number of benzene rings is 1. The van der Waals surface area contributed by atoms with Crippen LogP contribution in [0.2, 0.25) is 0 Å². The molecule has 1 aromatic rings. The summed E-state index contributed by atoms with van der Waals surface area (Å²) < 4.78 is 0. The molecule has 2 rings (SSSR count). The van der Waals surface area contributed by atoms with Crippen LogP contribution in [0.1, 0.15) is 26.3 Å². The maximum absolute atomic E-state index is 11.8. The number of nitrogens with one attached hydrogen (secondary N) is 2. The largest absolute Gasteiger partial charge is 0.358 e. The topological polar surface area (TPSA) is 44.4 Å². The maximum atomic E-state index is 11.8. The summed E-state index contributed by atoms with van der Waals surface area (Å²) in [6.45, 7) is 8.65. The molecule has 4 heteroatoms. The van der Waals surface area contributed by atoms with Gasteiger partial charge in [0.05, 0.1) is 0 Å². The second-order valence-electron chi connectivity index (χ2n) is 5.32.